The van der Waals surface area contributed by atoms with E-state index >= 15 is 0 Å². The van der Waals surface area contributed by atoms with E-state index in [-0.39, 0.29) is 11.3 Å². The fraction of sp³-hybridized carbons (Fsp3) is 0.556. The lowest BCUT2D eigenvalue weighted by Gasteiger charge is -2.13. The third-order valence-corrected chi connectivity index (χ3v) is 2.58. The molecule has 1 atom stereocenters. The van der Waals surface area contributed by atoms with E-state index in [9.17, 15) is 4.79 Å². The summed E-state index contributed by atoms with van der Waals surface area (Å²) in [4.78, 5) is 11.4. The standard InChI is InChI=1S/C9H14ClN3O/c1-6(2)7(10)5-11-9(14)8-3-4-12-13-8/h3-4,6-7H,5H2,1-2H3,(H,11,14)(H,12,13). The zero-order valence-corrected chi connectivity index (χ0v) is 9.01. The van der Waals surface area contributed by atoms with E-state index in [1.54, 1.807) is 6.07 Å². The first-order valence-corrected chi connectivity index (χ1v) is 4.96. The van der Waals surface area contributed by atoms with Gasteiger partial charge in [-0.1, -0.05) is 13.8 Å². The molecule has 0 saturated carbocycles. The molecule has 0 aromatic carbocycles. The number of hydrogen-bond acceptors (Lipinski definition) is 2. The number of aromatic amines is 1. The van der Waals surface area contributed by atoms with Gasteiger partial charge in [-0.2, -0.15) is 5.10 Å². The molecule has 1 heterocycles. The molecule has 5 heteroatoms. The Balaban J connectivity index is 2.36. The van der Waals surface area contributed by atoms with Gasteiger partial charge < -0.3 is 5.32 Å². The molecule has 1 aromatic rings. The number of rotatable bonds is 4. The second-order valence-electron chi connectivity index (χ2n) is 3.44. The van der Waals surface area contributed by atoms with Gasteiger partial charge in [0.2, 0.25) is 0 Å². The SMILES string of the molecule is CC(C)C(Cl)CNC(=O)c1ccn[nH]1. The number of aromatic nitrogens is 2. The molecule has 0 radical (unpaired) electrons. The second-order valence-corrected chi connectivity index (χ2v) is 4.00. The van der Waals surface area contributed by atoms with Crippen molar-refractivity contribution in [3.05, 3.63) is 18.0 Å². The van der Waals surface area contributed by atoms with Crippen molar-refractivity contribution in [2.24, 2.45) is 5.92 Å². The lowest BCUT2D eigenvalue weighted by molar-refractivity contribution is 0.0947. The molecule has 78 valence electrons. The lowest BCUT2D eigenvalue weighted by atomic mass is 10.1. The van der Waals surface area contributed by atoms with E-state index < -0.39 is 0 Å². The van der Waals surface area contributed by atoms with E-state index in [1.165, 1.54) is 6.20 Å². The summed E-state index contributed by atoms with van der Waals surface area (Å²) in [7, 11) is 0. The smallest absolute Gasteiger partial charge is 0.269 e. The van der Waals surface area contributed by atoms with Crippen molar-refractivity contribution in [3.63, 3.8) is 0 Å². The first-order chi connectivity index (χ1) is 6.61. The molecule has 1 rings (SSSR count). The van der Waals surface area contributed by atoms with Crippen molar-refractivity contribution in [2.75, 3.05) is 6.54 Å². The van der Waals surface area contributed by atoms with E-state index in [1.807, 2.05) is 13.8 Å². The first kappa shape index (κ1) is 11.0. The van der Waals surface area contributed by atoms with Crippen LogP contribution < -0.4 is 5.32 Å². The van der Waals surface area contributed by atoms with Gasteiger partial charge in [0, 0.05) is 12.7 Å². The van der Waals surface area contributed by atoms with Gasteiger partial charge >= 0.3 is 0 Å². The number of nitrogens with one attached hydrogen (secondary N) is 2. The zero-order chi connectivity index (χ0) is 10.6. The van der Waals surface area contributed by atoms with Crippen LogP contribution in [0.3, 0.4) is 0 Å². The normalized spacial score (nSPS) is 12.9. The Morgan fingerprint density at radius 1 is 1.71 bits per heavy atom. The summed E-state index contributed by atoms with van der Waals surface area (Å²) in [6, 6.07) is 1.62. The molecule has 2 N–H and O–H groups in total. The van der Waals surface area contributed by atoms with Crippen LogP contribution in [0.25, 0.3) is 0 Å². The Kier molecular flexibility index (Phi) is 3.95. The van der Waals surface area contributed by atoms with E-state index in [2.05, 4.69) is 15.5 Å². The fourth-order valence-electron chi connectivity index (χ4n) is 0.903. The molecule has 0 aliphatic carbocycles. The molecular formula is C9H14ClN3O. The monoisotopic (exact) mass is 215 g/mol. The first-order valence-electron chi connectivity index (χ1n) is 4.53. The van der Waals surface area contributed by atoms with Gasteiger partial charge in [-0.25, -0.2) is 0 Å². The summed E-state index contributed by atoms with van der Waals surface area (Å²) >= 11 is 5.98. The number of alkyl halides is 1. The molecule has 4 nitrogen and oxygen atoms in total. The van der Waals surface area contributed by atoms with Crippen LogP contribution in [0.15, 0.2) is 12.3 Å². The van der Waals surface area contributed by atoms with Crippen molar-refractivity contribution < 1.29 is 4.79 Å². The number of carbonyl (C=O) groups is 1. The van der Waals surface area contributed by atoms with Gasteiger partial charge in [0.1, 0.15) is 5.69 Å². The van der Waals surface area contributed by atoms with Gasteiger partial charge in [0.15, 0.2) is 0 Å². The Morgan fingerprint density at radius 3 is 2.93 bits per heavy atom. The Bertz CT molecular complexity index is 284. The molecule has 0 aliphatic rings. The Morgan fingerprint density at radius 2 is 2.43 bits per heavy atom. The maximum absolute atomic E-state index is 11.4. The molecule has 0 fully saturated rings. The number of carbonyl (C=O) groups excluding carboxylic acids is 1. The number of nitrogens with zero attached hydrogens (tertiary/aromatic N) is 1. The maximum atomic E-state index is 11.4. The summed E-state index contributed by atoms with van der Waals surface area (Å²) < 4.78 is 0. The van der Waals surface area contributed by atoms with Crippen LogP contribution in [0.4, 0.5) is 0 Å². The molecule has 1 unspecified atom stereocenters. The molecule has 1 amide bonds. The largest absolute Gasteiger partial charge is 0.349 e. The highest BCUT2D eigenvalue weighted by Crippen LogP contribution is 2.07. The van der Waals surface area contributed by atoms with Crippen molar-refractivity contribution in [1.82, 2.24) is 15.5 Å². The number of H-pyrrole nitrogens is 1. The summed E-state index contributed by atoms with van der Waals surface area (Å²) in [5.41, 5.74) is 0.456. The summed E-state index contributed by atoms with van der Waals surface area (Å²) in [6.45, 7) is 4.50. The minimum atomic E-state index is -0.172. The minimum Gasteiger partial charge on any atom is -0.349 e. The molecule has 0 aliphatic heterocycles. The van der Waals surface area contributed by atoms with Gasteiger partial charge in [-0.05, 0) is 12.0 Å². The van der Waals surface area contributed by atoms with Gasteiger partial charge in [0.05, 0.1) is 5.38 Å². The van der Waals surface area contributed by atoms with E-state index in [4.69, 9.17) is 11.6 Å². The number of hydrogen-bond donors (Lipinski definition) is 2. The van der Waals surface area contributed by atoms with Crippen molar-refractivity contribution in [2.45, 2.75) is 19.2 Å². The highest BCUT2D eigenvalue weighted by atomic mass is 35.5. The number of halogens is 1. The van der Waals surface area contributed by atoms with Crippen LogP contribution in [0.5, 0.6) is 0 Å². The zero-order valence-electron chi connectivity index (χ0n) is 8.25. The third kappa shape index (κ3) is 3.03. The highest BCUT2D eigenvalue weighted by molar-refractivity contribution is 6.21. The van der Waals surface area contributed by atoms with Crippen LogP contribution in [0, 0.1) is 5.92 Å². The van der Waals surface area contributed by atoms with Crippen LogP contribution in [-0.2, 0) is 0 Å². The average molecular weight is 216 g/mol. The summed E-state index contributed by atoms with van der Waals surface area (Å²) in [6.07, 6.45) is 1.54. The average Bonchev–Trinajstić information content (AvgIpc) is 2.66. The van der Waals surface area contributed by atoms with E-state index in [0.29, 0.717) is 18.2 Å². The molecule has 0 bridgehead atoms. The molecule has 14 heavy (non-hydrogen) atoms. The van der Waals surface area contributed by atoms with Crippen LogP contribution in [0.1, 0.15) is 24.3 Å². The predicted octanol–water partition coefficient (Wildman–Crippen LogP) is 1.40. The second kappa shape index (κ2) is 5.00. The topological polar surface area (TPSA) is 57.8 Å². The summed E-state index contributed by atoms with van der Waals surface area (Å²) in [5, 5.41) is 8.96. The quantitative estimate of drug-likeness (QED) is 0.746. The van der Waals surface area contributed by atoms with Gasteiger partial charge in [-0.15, -0.1) is 11.6 Å². The molecule has 0 saturated heterocycles. The fourth-order valence-corrected chi connectivity index (χ4v) is 0.981. The van der Waals surface area contributed by atoms with Gasteiger partial charge in [-0.3, -0.25) is 9.89 Å². The van der Waals surface area contributed by atoms with Crippen molar-refractivity contribution in [1.29, 1.82) is 0 Å². The Hall–Kier alpha value is -1.03. The molecule has 1 aromatic heterocycles. The van der Waals surface area contributed by atoms with Crippen LogP contribution >= 0.6 is 11.6 Å². The van der Waals surface area contributed by atoms with Crippen LogP contribution in [-0.4, -0.2) is 28.0 Å². The van der Waals surface area contributed by atoms with Crippen LogP contribution in [0.2, 0.25) is 0 Å². The number of amides is 1. The minimum absolute atomic E-state index is 0.0399. The van der Waals surface area contributed by atoms with Crippen molar-refractivity contribution >= 4 is 17.5 Å². The van der Waals surface area contributed by atoms with Crippen molar-refractivity contribution in [3.8, 4) is 0 Å². The molecule has 0 spiro atoms. The van der Waals surface area contributed by atoms with Gasteiger partial charge in [0.25, 0.3) is 5.91 Å². The lowest BCUT2D eigenvalue weighted by Crippen LogP contribution is -2.32. The Labute approximate surface area is 88.0 Å². The molecular weight excluding hydrogens is 202 g/mol. The van der Waals surface area contributed by atoms with E-state index in [0.717, 1.165) is 0 Å². The maximum Gasteiger partial charge on any atom is 0.269 e. The summed E-state index contributed by atoms with van der Waals surface area (Å²) in [5.74, 6) is 0.174. The third-order valence-electron chi connectivity index (χ3n) is 1.93. The highest BCUT2D eigenvalue weighted by Gasteiger charge is 2.12. The predicted molar refractivity (Wildman–Crippen MR) is 55.4 cm³/mol.